The third kappa shape index (κ3) is 5.59. The molecule has 5 heteroatoms. The van der Waals surface area contributed by atoms with E-state index in [0.717, 1.165) is 18.8 Å². The zero-order chi connectivity index (χ0) is 18.4. The molecule has 0 bridgehead atoms. The number of hydrogen-bond acceptors (Lipinski definition) is 1. The molecule has 0 atom stereocenters. The summed E-state index contributed by atoms with van der Waals surface area (Å²) in [5, 5.41) is 1.25. The van der Waals surface area contributed by atoms with Crippen LogP contribution in [0.1, 0.15) is 11.1 Å². The molecular weight excluding hydrogens is 490 g/mol. The van der Waals surface area contributed by atoms with E-state index in [1.165, 1.54) is 22.0 Å². The van der Waals surface area contributed by atoms with E-state index >= 15 is 0 Å². The van der Waals surface area contributed by atoms with Crippen LogP contribution >= 0.6 is 23.2 Å². The summed E-state index contributed by atoms with van der Waals surface area (Å²) in [5.74, 6) is 1.19. The summed E-state index contributed by atoms with van der Waals surface area (Å²) in [4.78, 5) is 2.21. The first-order valence-electron chi connectivity index (χ1n) is 8.75. The van der Waals surface area contributed by atoms with Gasteiger partial charge in [-0.2, -0.15) is 0 Å². The van der Waals surface area contributed by atoms with Crippen LogP contribution in [0, 0.1) is 0 Å². The van der Waals surface area contributed by atoms with E-state index in [4.69, 9.17) is 23.2 Å². The minimum Gasteiger partial charge on any atom is -1.00 e. The molecule has 0 aliphatic carbocycles. The summed E-state index contributed by atoms with van der Waals surface area (Å²) in [6.07, 6.45) is 6.42. The number of aryl methyl sites for hydroxylation is 1. The number of aromatic nitrogens is 1. The van der Waals surface area contributed by atoms with Gasteiger partial charge in [0.05, 0.1) is 5.39 Å². The maximum absolute atomic E-state index is 5.89. The van der Waals surface area contributed by atoms with Gasteiger partial charge in [0.25, 0.3) is 0 Å². The highest BCUT2D eigenvalue weighted by Crippen LogP contribution is 2.20. The van der Waals surface area contributed by atoms with Gasteiger partial charge in [-0.05, 0) is 29.3 Å². The fraction of sp³-hybridized carbons (Fsp3) is 0.227. The predicted octanol–water partition coefficient (Wildman–Crippen LogP) is 2.12. The SMILES string of the molecule is C[n+]1ccc(/C=C/c2ccc(N(CCCl)CCCl)cc2)c2ccccc21.[I-]. The third-order valence-electron chi connectivity index (χ3n) is 4.50. The molecule has 1 aromatic heterocycles. The maximum atomic E-state index is 5.89. The van der Waals surface area contributed by atoms with Crippen molar-refractivity contribution < 1.29 is 28.5 Å². The van der Waals surface area contributed by atoms with Gasteiger partial charge < -0.3 is 28.9 Å². The molecule has 0 aliphatic heterocycles. The van der Waals surface area contributed by atoms with Gasteiger partial charge in [-0.1, -0.05) is 36.4 Å². The summed E-state index contributed by atoms with van der Waals surface area (Å²) >= 11 is 11.8. The molecule has 0 aliphatic rings. The second-order valence-electron chi connectivity index (χ2n) is 6.19. The number of benzene rings is 2. The standard InChI is InChI=1S/C22H23Cl2N2.HI/c1-25-15-12-19(21-4-2-3-5-22(21)25)9-6-18-7-10-20(11-8-18)26(16-13-23)17-14-24;/h2-12,15H,13-14,16-17H2,1H3;1H/q+1;/p-1. The van der Waals surface area contributed by atoms with Gasteiger partial charge in [-0.25, -0.2) is 4.57 Å². The lowest BCUT2D eigenvalue weighted by Gasteiger charge is -2.22. The molecule has 1 heterocycles. The van der Waals surface area contributed by atoms with Crippen LogP contribution in [0.4, 0.5) is 5.69 Å². The van der Waals surface area contributed by atoms with Crippen molar-refractivity contribution in [3.05, 3.63) is 71.9 Å². The largest absolute Gasteiger partial charge is 1.00 e. The van der Waals surface area contributed by atoms with Crippen LogP contribution in [0.25, 0.3) is 23.1 Å². The van der Waals surface area contributed by atoms with Crippen LogP contribution in [0.15, 0.2) is 60.8 Å². The molecule has 2 nitrogen and oxygen atoms in total. The first-order valence-corrected chi connectivity index (χ1v) is 9.82. The molecule has 0 saturated heterocycles. The first kappa shape index (κ1) is 22.0. The summed E-state index contributed by atoms with van der Waals surface area (Å²) < 4.78 is 2.14. The zero-order valence-electron chi connectivity index (χ0n) is 15.3. The van der Waals surface area contributed by atoms with Gasteiger partial charge in [-0.3, -0.25) is 0 Å². The normalized spacial score (nSPS) is 10.9. The highest BCUT2D eigenvalue weighted by atomic mass is 127. The molecule has 0 fully saturated rings. The average Bonchev–Trinajstić information content (AvgIpc) is 2.68. The minimum absolute atomic E-state index is 0. The second-order valence-corrected chi connectivity index (χ2v) is 6.94. The van der Waals surface area contributed by atoms with Crippen molar-refractivity contribution in [2.75, 3.05) is 29.7 Å². The Hall–Kier alpha value is -1.30. The van der Waals surface area contributed by atoms with Crippen molar-refractivity contribution >= 4 is 51.9 Å². The lowest BCUT2D eigenvalue weighted by Crippen LogP contribution is -3.00. The highest BCUT2D eigenvalue weighted by molar-refractivity contribution is 6.18. The van der Waals surface area contributed by atoms with E-state index in [-0.39, 0.29) is 24.0 Å². The molecule has 0 amide bonds. The summed E-state index contributed by atoms with van der Waals surface area (Å²) in [7, 11) is 2.07. The van der Waals surface area contributed by atoms with Gasteiger partial charge in [0.15, 0.2) is 6.20 Å². The van der Waals surface area contributed by atoms with Crippen molar-refractivity contribution in [1.29, 1.82) is 0 Å². The van der Waals surface area contributed by atoms with Crippen LogP contribution in [-0.4, -0.2) is 24.8 Å². The number of pyridine rings is 1. The molecule has 2 aromatic carbocycles. The minimum atomic E-state index is 0. The molecule has 27 heavy (non-hydrogen) atoms. The first-order chi connectivity index (χ1) is 12.7. The van der Waals surface area contributed by atoms with Gasteiger partial charge in [0.2, 0.25) is 5.52 Å². The van der Waals surface area contributed by atoms with E-state index in [2.05, 4.69) is 89.5 Å². The van der Waals surface area contributed by atoms with E-state index in [9.17, 15) is 0 Å². The monoisotopic (exact) mass is 512 g/mol. The number of hydrogen-bond donors (Lipinski definition) is 0. The third-order valence-corrected chi connectivity index (χ3v) is 4.83. The fourth-order valence-corrected chi connectivity index (χ4v) is 3.50. The molecule has 0 N–H and O–H groups in total. The summed E-state index contributed by atoms with van der Waals surface area (Å²) in [6, 6.07) is 19.1. The van der Waals surface area contributed by atoms with Crippen LogP contribution in [-0.2, 0) is 7.05 Å². The fourth-order valence-electron chi connectivity index (χ4n) is 3.09. The highest BCUT2D eigenvalue weighted by Gasteiger charge is 2.07. The molecule has 3 rings (SSSR count). The van der Waals surface area contributed by atoms with Gasteiger partial charge in [0, 0.05) is 42.7 Å². The van der Waals surface area contributed by atoms with Crippen molar-refractivity contribution in [1.82, 2.24) is 0 Å². The molecule has 0 spiro atoms. The van der Waals surface area contributed by atoms with Crippen LogP contribution in [0.5, 0.6) is 0 Å². The molecule has 0 radical (unpaired) electrons. The molecular formula is C22H23Cl2IN2. The number of anilines is 1. The van der Waals surface area contributed by atoms with Crippen molar-refractivity contribution in [2.45, 2.75) is 0 Å². The Balaban J connectivity index is 0.00000261. The maximum Gasteiger partial charge on any atom is 0.212 e. The predicted molar refractivity (Wildman–Crippen MR) is 114 cm³/mol. The quantitative estimate of drug-likeness (QED) is 0.267. The van der Waals surface area contributed by atoms with Crippen molar-refractivity contribution in [3.63, 3.8) is 0 Å². The van der Waals surface area contributed by atoms with Crippen molar-refractivity contribution in [2.24, 2.45) is 7.05 Å². The lowest BCUT2D eigenvalue weighted by atomic mass is 10.1. The number of alkyl halides is 2. The van der Waals surface area contributed by atoms with Crippen LogP contribution in [0.3, 0.4) is 0 Å². The Morgan fingerprint density at radius 2 is 1.56 bits per heavy atom. The van der Waals surface area contributed by atoms with E-state index < -0.39 is 0 Å². The average molecular weight is 513 g/mol. The number of nitrogens with zero attached hydrogens (tertiary/aromatic N) is 2. The second kappa shape index (κ2) is 10.9. The molecule has 3 aromatic rings. The number of fused-ring (bicyclic) bond motifs is 1. The summed E-state index contributed by atoms with van der Waals surface area (Å²) in [5.41, 5.74) is 4.76. The lowest BCUT2D eigenvalue weighted by molar-refractivity contribution is -0.644. The number of rotatable bonds is 7. The summed E-state index contributed by atoms with van der Waals surface area (Å²) in [6.45, 7) is 1.60. The van der Waals surface area contributed by atoms with Gasteiger partial charge >= 0.3 is 0 Å². The zero-order valence-corrected chi connectivity index (χ0v) is 19.0. The number of halogens is 3. The van der Waals surface area contributed by atoms with Crippen LogP contribution in [0.2, 0.25) is 0 Å². The van der Waals surface area contributed by atoms with E-state index in [1.807, 2.05) is 0 Å². The van der Waals surface area contributed by atoms with E-state index in [1.54, 1.807) is 0 Å². The van der Waals surface area contributed by atoms with E-state index in [0.29, 0.717) is 11.8 Å². The van der Waals surface area contributed by atoms with Crippen LogP contribution < -0.4 is 33.4 Å². The van der Waals surface area contributed by atoms with Gasteiger partial charge in [-0.15, -0.1) is 23.2 Å². The smallest absolute Gasteiger partial charge is 0.212 e. The molecule has 0 unspecified atom stereocenters. The topological polar surface area (TPSA) is 7.12 Å². The Morgan fingerprint density at radius 3 is 2.22 bits per heavy atom. The number of para-hydroxylation sites is 1. The Labute approximate surface area is 188 Å². The molecule has 0 saturated carbocycles. The van der Waals surface area contributed by atoms with Crippen molar-refractivity contribution in [3.8, 4) is 0 Å². The molecule has 142 valence electrons. The van der Waals surface area contributed by atoms with Gasteiger partial charge in [0.1, 0.15) is 7.05 Å². The Bertz CT molecular complexity index is 888. The Kier molecular flexibility index (Phi) is 8.87. The Morgan fingerprint density at radius 1 is 0.889 bits per heavy atom.